The first-order valence-corrected chi connectivity index (χ1v) is 5.34. The van der Waals surface area contributed by atoms with E-state index < -0.39 is 10.0 Å². The number of nitrogens with zero attached hydrogens (tertiary/aromatic N) is 3. The maximum absolute atomic E-state index is 11.0. The van der Waals surface area contributed by atoms with Crippen molar-refractivity contribution in [2.75, 3.05) is 0 Å². The van der Waals surface area contributed by atoms with Crippen LogP contribution in [0.3, 0.4) is 0 Å². The maximum Gasteiger partial charge on any atom is 0.239 e. The normalized spacial score (nSPS) is 12.1. The van der Waals surface area contributed by atoms with Gasteiger partial charge in [-0.15, -0.1) is 0 Å². The Labute approximate surface area is 80.4 Å². The highest BCUT2D eigenvalue weighted by Crippen LogP contribution is 2.14. The number of rotatable bonds is 1. The fourth-order valence-corrected chi connectivity index (χ4v) is 1.67. The molecule has 2 N–H and O–H groups in total. The van der Waals surface area contributed by atoms with Gasteiger partial charge in [-0.2, -0.15) is 5.10 Å². The van der Waals surface area contributed by atoms with Gasteiger partial charge >= 0.3 is 0 Å². The lowest BCUT2D eigenvalue weighted by Gasteiger charge is -1.97. The standard InChI is InChI=1S/C7H8N4O2S/c1-11-7-5(3-10-11)2-6(4-9-7)14(8,12)13/h2-4H,1H3,(H2,8,12,13). The summed E-state index contributed by atoms with van der Waals surface area (Å²) in [7, 11) is -1.96. The largest absolute Gasteiger partial charge is 0.250 e. The molecule has 14 heavy (non-hydrogen) atoms. The second kappa shape index (κ2) is 2.76. The van der Waals surface area contributed by atoms with Crippen LogP contribution in [-0.2, 0) is 17.1 Å². The van der Waals surface area contributed by atoms with Crippen molar-refractivity contribution in [1.29, 1.82) is 0 Å². The first-order valence-electron chi connectivity index (χ1n) is 3.79. The molecule has 0 saturated heterocycles. The summed E-state index contributed by atoms with van der Waals surface area (Å²) < 4.78 is 23.5. The van der Waals surface area contributed by atoms with E-state index in [-0.39, 0.29) is 4.90 Å². The topological polar surface area (TPSA) is 90.9 Å². The molecule has 0 unspecified atom stereocenters. The van der Waals surface area contributed by atoms with Crippen molar-refractivity contribution in [2.24, 2.45) is 12.2 Å². The Balaban J connectivity index is 2.76. The van der Waals surface area contributed by atoms with E-state index in [1.54, 1.807) is 11.7 Å². The van der Waals surface area contributed by atoms with E-state index in [2.05, 4.69) is 10.1 Å². The summed E-state index contributed by atoms with van der Waals surface area (Å²) in [6.45, 7) is 0. The third kappa shape index (κ3) is 1.36. The molecule has 0 radical (unpaired) electrons. The highest BCUT2D eigenvalue weighted by atomic mass is 32.2. The highest BCUT2D eigenvalue weighted by Gasteiger charge is 2.10. The first-order chi connectivity index (χ1) is 6.48. The molecule has 0 fully saturated rings. The summed E-state index contributed by atoms with van der Waals surface area (Å²) in [5.74, 6) is 0. The minimum atomic E-state index is -3.68. The van der Waals surface area contributed by atoms with Crippen LogP contribution in [0.2, 0.25) is 0 Å². The Morgan fingerprint density at radius 1 is 1.43 bits per heavy atom. The van der Waals surface area contributed by atoms with E-state index in [1.807, 2.05) is 0 Å². The summed E-state index contributed by atoms with van der Waals surface area (Å²) in [4.78, 5) is 3.95. The molecular formula is C7H8N4O2S. The minimum absolute atomic E-state index is 0.00185. The minimum Gasteiger partial charge on any atom is -0.250 e. The number of fused-ring (bicyclic) bond motifs is 1. The Morgan fingerprint density at radius 2 is 2.14 bits per heavy atom. The van der Waals surface area contributed by atoms with Crippen molar-refractivity contribution in [3.63, 3.8) is 0 Å². The Kier molecular flexibility index (Phi) is 1.79. The molecule has 2 aromatic heterocycles. The van der Waals surface area contributed by atoms with Gasteiger partial charge in [-0.3, -0.25) is 4.68 Å². The lowest BCUT2D eigenvalue weighted by molar-refractivity contribution is 0.597. The van der Waals surface area contributed by atoms with E-state index >= 15 is 0 Å². The molecule has 2 rings (SSSR count). The predicted octanol–water partition coefficient (Wildman–Crippen LogP) is -0.384. The van der Waals surface area contributed by atoms with Gasteiger partial charge in [0, 0.05) is 18.6 Å². The summed E-state index contributed by atoms with van der Waals surface area (Å²) in [5, 5.41) is 9.55. The van der Waals surface area contributed by atoms with E-state index in [4.69, 9.17) is 5.14 Å². The fraction of sp³-hybridized carbons (Fsp3) is 0.143. The molecule has 7 heteroatoms. The molecule has 2 aromatic rings. The van der Waals surface area contributed by atoms with Crippen molar-refractivity contribution in [3.05, 3.63) is 18.5 Å². The number of nitrogens with two attached hydrogens (primary N) is 1. The van der Waals surface area contributed by atoms with E-state index in [0.717, 1.165) is 0 Å². The molecular weight excluding hydrogens is 204 g/mol. The van der Waals surface area contributed by atoms with Crippen molar-refractivity contribution in [1.82, 2.24) is 14.8 Å². The zero-order valence-corrected chi connectivity index (χ0v) is 8.19. The van der Waals surface area contributed by atoms with Crippen LogP contribution in [0, 0.1) is 0 Å². The molecule has 0 aliphatic carbocycles. The summed E-state index contributed by atoms with van der Waals surface area (Å²) in [6.07, 6.45) is 2.76. The maximum atomic E-state index is 11.0. The van der Waals surface area contributed by atoms with Gasteiger partial charge in [-0.25, -0.2) is 18.5 Å². The zero-order chi connectivity index (χ0) is 10.3. The molecule has 74 valence electrons. The molecule has 0 spiro atoms. The van der Waals surface area contributed by atoms with Crippen molar-refractivity contribution >= 4 is 21.1 Å². The number of sulfonamides is 1. The van der Waals surface area contributed by atoms with Gasteiger partial charge < -0.3 is 0 Å². The number of aryl methyl sites for hydroxylation is 1. The molecule has 0 atom stereocenters. The third-order valence-corrected chi connectivity index (χ3v) is 2.76. The molecule has 0 saturated carbocycles. The van der Waals surface area contributed by atoms with Gasteiger partial charge in [0.15, 0.2) is 5.65 Å². The van der Waals surface area contributed by atoms with Crippen LogP contribution in [0.4, 0.5) is 0 Å². The molecule has 2 heterocycles. The van der Waals surface area contributed by atoms with E-state index in [9.17, 15) is 8.42 Å². The van der Waals surface area contributed by atoms with E-state index in [1.165, 1.54) is 18.5 Å². The average molecular weight is 212 g/mol. The number of pyridine rings is 1. The molecule has 0 aliphatic heterocycles. The number of primary sulfonamides is 1. The summed E-state index contributed by atoms with van der Waals surface area (Å²) >= 11 is 0. The third-order valence-electron chi connectivity index (χ3n) is 1.88. The van der Waals surface area contributed by atoms with Crippen LogP contribution < -0.4 is 5.14 Å². The van der Waals surface area contributed by atoms with Crippen LogP contribution in [0.1, 0.15) is 0 Å². The lowest BCUT2D eigenvalue weighted by Crippen LogP contribution is -2.12. The quantitative estimate of drug-likeness (QED) is 0.697. The molecule has 0 bridgehead atoms. The van der Waals surface area contributed by atoms with Gasteiger partial charge in [0.2, 0.25) is 10.0 Å². The van der Waals surface area contributed by atoms with Crippen LogP contribution in [-0.4, -0.2) is 23.2 Å². The number of hydrogen-bond acceptors (Lipinski definition) is 4. The molecule has 0 aromatic carbocycles. The predicted molar refractivity (Wildman–Crippen MR) is 49.9 cm³/mol. The van der Waals surface area contributed by atoms with Crippen LogP contribution in [0.25, 0.3) is 11.0 Å². The summed E-state index contributed by atoms with van der Waals surface area (Å²) in [5.41, 5.74) is 0.623. The van der Waals surface area contributed by atoms with Gasteiger partial charge in [-0.05, 0) is 6.07 Å². The molecule has 0 aliphatic rings. The van der Waals surface area contributed by atoms with Crippen LogP contribution >= 0.6 is 0 Å². The second-order valence-corrected chi connectivity index (χ2v) is 4.46. The van der Waals surface area contributed by atoms with Gasteiger partial charge in [0.05, 0.1) is 6.20 Å². The Bertz CT molecular complexity index is 587. The smallest absolute Gasteiger partial charge is 0.239 e. The van der Waals surface area contributed by atoms with Crippen molar-refractivity contribution in [2.45, 2.75) is 4.90 Å². The summed E-state index contributed by atoms with van der Waals surface area (Å²) in [6, 6.07) is 1.45. The lowest BCUT2D eigenvalue weighted by atomic mass is 10.4. The highest BCUT2D eigenvalue weighted by molar-refractivity contribution is 7.89. The van der Waals surface area contributed by atoms with E-state index in [0.29, 0.717) is 11.0 Å². The first kappa shape index (κ1) is 9.10. The van der Waals surface area contributed by atoms with Crippen LogP contribution in [0.5, 0.6) is 0 Å². The molecule has 0 amide bonds. The molecule has 6 nitrogen and oxygen atoms in total. The van der Waals surface area contributed by atoms with Gasteiger partial charge in [-0.1, -0.05) is 0 Å². The Morgan fingerprint density at radius 3 is 2.79 bits per heavy atom. The van der Waals surface area contributed by atoms with Gasteiger partial charge in [0.25, 0.3) is 0 Å². The SMILES string of the molecule is Cn1ncc2cc(S(N)(=O)=O)cnc21. The van der Waals surface area contributed by atoms with Crippen molar-refractivity contribution < 1.29 is 8.42 Å². The second-order valence-electron chi connectivity index (χ2n) is 2.90. The fourth-order valence-electron chi connectivity index (χ4n) is 1.18. The Hall–Kier alpha value is -1.47. The van der Waals surface area contributed by atoms with Crippen LogP contribution in [0.15, 0.2) is 23.4 Å². The van der Waals surface area contributed by atoms with Crippen molar-refractivity contribution in [3.8, 4) is 0 Å². The number of hydrogen-bond donors (Lipinski definition) is 1. The van der Waals surface area contributed by atoms with Gasteiger partial charge in [0.1, 0.15) is 4.90 Å². The average Bonchev–Trinajstić information content (AvgIpc) is 2.46. The monoisotopic (exact) mass is 212 g/mol. The number of aromatic nitrogens is 3. The zero-order valence-electron chi connectivity index (χ0n) is 7.38.